The molecule has 3 N–H and O–H groups in total. The van der Waals surface area contributed by atoms with E-state index in [0.29, 0.717) is 0 Å². The number of nitrogens with one attached hydrogen (secondary N) is 3. The predicted octanol–water partition coefficient (Wildman–Crippen LogP) is -0.416. The van der Waals surface area contributed by atoms with E-state index in [1.807, 2.05) is 6.92 Å². The Balaban J connectivity index is 2.14. The third kappa shape index (κ3) is 1.37. The van der Waals surface area contributed by atoms with Gasteiger partial charge in [0.2, 0.25) is 0 Å². The molecule has 5 nitrogen and oxygen atoms in total. The highest BCUT2D eigenvalue weighted by Gasteiger charge is 2.47. The van der Waals surface area contributed by atoms with Crippen molar-refractivity contribution in [1.29, 1.82) is 0 Å². The summed E-state index contributed by atoms with van der Waals surface area (Å²) in [4.78, 5) is 22.6. The van der Waals surface area contributed by atoms with Crippen LogP contribution in [-0.2, 0) is 4.79 Å². The van der Waals surface area contributed by atoms with Gasteiger partial charge in [-0.2, -0.15) is 0 Å². The van der Waals surface area contributed by atoms with Crippen molar-refractivity contribution in [3.05, 3.63) is 0 Å². The van der Waals surface area contributed by atoms with Crippen LogP contribution in [0.15, 0.2) is 0 Å². The molecule has 2 aliphatic heterocycles. The van der Waals surface area contributed by atoms with Gasteiger partial charge in [-0.1, -0.05) is 0 Å². The molecule has 2 fully saturated rings. The Morgan fingerprint density at radius 1 is 1.29 bits per heavy atom. The predicted molar refractivity (Wildman–Crippen MR) is 50.7 cm³/mol. The fourth-order valence-electron chi connectivity index (χ4n) is 2.24. The minimum atomic E-state index is -0.695. The van der Waals surface area contributed by atoms with Gasteiger partial charge < -0.3 is 10.6 Å². The van der Waals surface area contributed by atoms with E-state index in [2.05, 4.69) is 16.0 Å². The molecule has 2 heterocycles. The van der Waals surface area contributed by atoms with Crippen LogP contribution in [0.2, 0.25) is 0 Å². The smallest absolute Gasteiger partial charge is 0.322 e. The molecule has 1 unspecified atom stereocenters. The van der Waals surface area contributed by atoms with Crippen molar-refractivity contribution >= 4 is 11.9 Å². The first kappa shape index (κ1) is 9.45. The zero-order chi connectivity index (χ0) is 10.2. The minimum absolute atomic E-state index is 0.186. The van der Waals surface area contributed by atoms with Crippen LogP contribution in [0.5, 0.6) is 0 Å². The average Bonchev–Trinajstić information content (AvgIpc) is 2.43. The number of carbonyl (C=O) groups is 2. The Kier molecular flexibility index (Phi) is 2.19. The largest absolute Gasteiger partial charge is 0.323 e. The first-order valence-corrected chi connectivity index (χ1v) is 4.97. The Hall–Kier alpha value is -1.10. The van der Waals surface area contributed by atoms with Gasteiger partial charge in [0.15, 0.2) is 0 Å². The van der Waals surface area contributed by atoms with E-state index in [1.165, 1.54) is 0 Å². The van der Waals surface area contributed by atoms with Crippen molar-refractivity contribution < 1.29 is 9.59 Å². The number of amides is 3. The van der Waals surface area contributed by atoms with E-state index in [0.717, 1.165) is 25.9 Å². The number of urea groups is 1. The number of hydrogen-bond acceptors (Lipinski definition) is 3. The first-order valence-electron chi connectivity index (χ1n) is 4.97. The summed E-state index contributed by atoms with van der Waals surface area (Å²) < 4.78 is 0. The second kappa shape index (κ2) is 3.24. The molecule has 2 saturated heterocycles. The van der Waals surface area contributed by atoms with Crippen molar-refractivity contribution in [2.45, 2.75) is 25.3 Å². The highest BCUT2D eigenvalue weighted by atomic mass is 16.2. The number of piperidine rings is 1. The lowest BCUT2D eigenvalue weighted by atomic mass is 9.79. The molecule has 0 aliphatic carbocycles. The molecule has 0 radical (unpaired) electrons. The fraction of sp³-hybridized carbons (Fsp3) is 0.778. The third-order valence-corrected chi connectivity index (χ3v) is 3.23. The van der Waals surface area contributed by atoms with Crippen LogP contribution in [0.25, 0.3) is 0 Å². The Morgan fingerprint density at radius 2 is 1.93 bits per heavy atom. The van der Waals surface area contributed by atoms with Gasteiger partial charge in [-0.15, -0.1) is 0 Å². The van der Waals surface area contributed by atoms with Gasteiger partial charge in [0.05, 0.1) is 0 Å². The van der Waals surface area contributed by atoms with Gasteiger partial charge >= 0.3 is 6.03 Å². The van der Waals surface area contributed by atoms with Crippen molar-refractivity contribution in [1.82, 2.24) is 16.0 Å². The molecular formula is C9H15N3O2. The molecular weight excluding hydrogens is 182 g/mol. The van der Waals surface area contributed by atoms with E-state index in [1.54, 1.807) is 0 Å². The number of carbonyl (C=O) groups excluding carboxylic acids is 2. The maximum absolute atomic E-state index is 11.6. The lowest BCUT2D eigenvalue weighted by Gasteiger charge is -2.34. The van der Waals surface area contributed by atoms with Crippen LogP contribution >= 0.6 is 0 Å². The fourth-order valence-corrected chi connectivity index (χ4v) is 2.24. The van der Waals surface area contributed by atoms with Crippen LogP contribution < -0.4 is 16.0 Å². The summed E-state index contributed by atoms with van der Waals surface area (Å²) in [7, 11) is 0. The standard InChI is InChI=1S/C9H15N3O2/c1-9(6-2-4-10-5-3-6)7(13)11-8(14)12-9/h6,10H,2-5H2,1H3,(H2,11,12,13,14). The maximum Gasteiger partial charge on any atom is 0.322 e. The summed E-state index contributed by atoms with van der Waals surface area (Å²) in [5, 5.41) is 8.25. The maximum atomic E-state index is 11.6. The summed E-state index contributed by atoms with van der Waals surface area (Å²) in [5.74, 6) is 0.0598. The molecule has 0 aromatic carbocycles. The molecule has 78 valence electrons. The van der Waals surface area contributed by atoms with Gasteiger partial charge in [0.25, 0.3) is 5.91 Å². The van der Waals surface area contributed by atoms with Crippen molar-refractivity contribution in [2.24, 2.45) is 5.92 Å². The van der Waals surface area contributed by atoms with Gasteiger partial charge in [-0.05, 0) is 38.8 Å². The van der Waals surface area contributed by atoms with E-state index < -0.39 is 5.54 Å². The zero-order valence-corrected chi connectivity index (χ0v) is 8.22. The summed E-state index contributed by atoms with van der Waals surface area (Å²) in [6.07, 6.45) is 1.87. The molecule has 0 bridgehead atoms. The van der Waals surface area contributed by atoms with Crippen LogP contribution in [0.4, 0.5) is 4.79 Å². The Bertz CT molecular complexity index is 273. The van der Waals surface area contributed by atoms with E-state index in [9.17, 15) is 9.59 Å². The van der Waals surface area contributed by atoms with Gasteiger partial charge in [-0.3, -0.25) is 10.1 Å². The van der Waals surface area contributed by atoms with Gasteiger partial charge in [0, 0.05) is 0 Å². The van der Waals surface area contributed by atoms with Crippen LogP contribution in [-0.4, -0.2) is 30.6 Å². The van der Waals surface area contributed by atoms with Crippen molar-refractivity contribution in [3.63, 3.8) is 0 Å². The molecule has 0 spiro atoms. The zero-order valence-electron chi connectivity index (χ0n) is 8.22. The van der Waals surface area contributed by atoms with E-state index >= 15 is 0 Å². The molecule has 5 heteroatoms. The van der Waals surface area contributed by atoms with E-state index in [-0.39, 0.29) is 17.9 Å². The molecule has 14 heavy (non-hydrogen) atoms. The molecule has 0 aromatic rings. The van der Waals surface area contributed by atoms with Gasteiger partial charge in [0.1, 0.15) is 5.54 Å². The number of hydrogen-bond donors (Lipinski definition) is 3. The molecule has 1 atom stereocenters. The lowest BCUT2D eigenvalue weighted by Crippen LogP contribution is -2.53. The number of imide groups is 1. The molecule has 3 amide bonds. The second-order valence-electron chi connectivity index (χ2n) is 4.13. The summed E-state index contributed by atoms with van der Waals surface area (Å²) in [6.45, 7) is 3.65. The molecule has 2 rings (SSSR count). The molecule has 0 saturated carbocycles. The Labute approximate surface area is 82.6 Å². The average molecular weight is 197 g/mol. The summed E-state index contributed by atoms with van der Waals surface area (Å²) >= 11 is 0. The monoisotopic (exact) mass is 197 g/mol. The lowest BCUT2D eigenvalue weighted by molar-refractivity contribution is -0.125. The highest BCUT2D eigenvalue weighted by molar-refractivity contribution is 6.06. The summed E-state index contributed by atoms with van der Waals surface area (Å²) in [6, 6.07) is -0.365. The first-order chi connectivity index (χ1) is 6.63. The minimum Gasteiger partial charge on any atom is -0.323 e. The van der Waals surface area contributed by atoms with Crippen LogP contribution in [0.1, 0.15) is 19.8 Å². The Morgan fingerprint density at radius 3 is 2.43 bits per heavy atom. The van der Waals surface area contributed by atoms with Crippen molar-refractivity contribution in [2.75, 3.05) is 13.1 Å². The van der Waals surface area contributed by atoms with Crippen LogP contribution in [0, 0.1) is 5.92 Å². The quantitative estimate of drug-likeness (QED) is 0.500. The van der Waals surface area contributed by atoms with E-state index in [4.69, 9.17) is 0 Å². The van der Waals surface area contributed by atoms with Crippen molar-refractivity contribution in [3.8, 4) is 0 Å². The molecule has 2 aliphatic rings. The molecule has 0 aromatic heterocycles. The summed E-state index contributed by atoms with van der Waals surface area (Å²) in [5.41, 5.74) is -0.695. The topological polar surface area (TPSA) is 70.2 Å². The van der Waals surface area contributed by atoms with Crippen LogP contribution in [0.3, 0.4) is 0 Å². The third-order valence-electron chi connectivity index (χ3n) is 3.23. The van der Waals surface area contributed by atoms with Gasteiger partial charge in [-0.25, -0.2) is 4.79 Å². The SMILES string of the molecule is CC1(C2CCNCC2)NC(=O)NC1=O. The highest BCUT2D eigenvalue weighted by Crippen LogP contribution is 2.28. The number of rotatable bonds is 1. The normalized spacial score (nSPS) is 34.1. The second-order valence-corrected chi connectivity index (χ2v) is 4.13.